The Morgan fingerprint density at radius 3 is 2.25 bits per heavy atom. The van der Waals surface area contributed by atoms with Gasteiger partial charge in [0, 0.05) is 12.0 Å². The van der Waals surface area contributed by atoms with E-state index < -0.39 is 11.2 Å². The van der Waals surface area contributed by atoms with Crippen molar-refractivity contribution in [3.8, 4) is 0 Å². The van der Waals surface area contributed by atoms with Gasteiger partial charge in [-0.2, -0.15) is 0 Å². The lowest BCUT2D eigenvalue weighted by molar-refractivity contribution is -0.0834. The van der Waals surface area contributed by atoms with E-state index in [1.807, 2.05) is 52.0 Å². The molecular weight excluding hydrogens is 300 g/mol. The summed E-state index contributed by atoms with van der Waals surface area (Å²) < 4.78 is 0. The molecule has 24 heavy (non-hydrogen) atoms. The van der Waals surface area contributed by atoms with Gasteiger partial charge in [0.25, 0.3) is 0 Å². The van der Waals surface area contributed by atoms with Gasteiger partial charge in [0.05, 0.1) is 17.8 Å². The number of rotatable bonds is 4. The third-order valence-corrected chi connectivity index (χ3v) is 4.34. The topological polar surface area (TPSA) is 60.7 Å². The molecular formula is C21H32O3. The van der Waals surface area contributed by atoms with E-state index in [0.29, 0.717) is 12.8 Å². The maximum atomic E-state index is 10.8. The van der Waals surface area contributed by atoms with Gasteiger partial charge in [0.1, 0.15) is 0 Å². The summed E-state index contributed by atoms with van der Waals surface area (Å²) in [4.78, 5) is 0. The highest BCUT2D eigenvalue weighted by Crippen LogP contribution is 2.49. The van der Waals surface area contributed by atoms with Gasteiger partial charge >= 0.3 is 0 Å². The monoisotopic (exact) mass is 332 g/mol. The summed E-state index contributed by atoms with van der Waals surface area (Å²) in [6.07, 6.45) is 10.3. The summed E-state index contributed by atoms with van der Waals surface area (Å²) in [7, 11) is 0. The Morgan fingerprint density at radius 2 is 1.71 bits per heavy atom. The van der Waals surface area contributed by atoms with Crippen molar-refractivity contribution in [3.63, 3.8) is 0 Å². The summed E-state index contributed by atoms with van der Waals surface area (Å²) in [6, 6.07) is 0. The van der Waals surface area contributed by atoms with Crippen molar-refractivity contribution in [3.05, 3.63) is 52.8 Å². The van der Waals surface area contributed by atoms with Gasteiger partial charge in [0.2, 0.25) is 0 Å². The molecule has 0 spiro atoms. The molecule has 0 aliphatic heterocycles. The van der Waals surface area contributed by atoms with Crippen LogP contribution < -0.4 is 0 Å². The summed E-state index contributed by atoms with van der Waals surface area (Å²) in [6.45, 7) is 11.5. The Bertz CT molecular complexity index is 585. The first-order valence-electron chi connectivity index (χ1n) is 8.45. The minimum atomic E-state index is -1.07. The molecule has 1 rings (SSSR count). The van der Waals surface area contributed by atoms with Gasteiger partial charge in [-0.05, 0) is 51.2 Å². The number of allylic oxidation sites excluding steroid dienone is 5. The van der Waals surface area contributed by atoms with Crippen LogP contribution in [0, 0.1) is 5.41 Å². The number of aliphatic hydroxyl groups excluding tert-OH is 1. The van der Waals surface area contributed by atoms with Crippen LogP contribution in [0.2, 0.25) is 0 Å². The fourth-order valence-electron chi connectivity index (χ4n) is 3.81. The molecule has 0 heterocycles. The fourth-order valence-corrected chi connectivity index (χ4v) is 3.81. The van der Waals surface area contributed by atoms with Gasteiger partial charge in [-0.25, -0.2) is 0 Å². The van der Waals surface area contributed by atoms with E-state index in [0.717, 1.165) is 16.7 Å². The van der Waals surface area contributed by atoms with Crippen LogP contribution in [0.1, 0.15) is 54.4 Å². The molecule has 0 aromatic heterocycles. The highest BCUT2D eigenvalue weighted by molar-refractivity contribution is 5.32. The van der Waals surface area contributed by atoms with Gasteiger partial charge in [-0.1, -0.05) is 43.7 Å². The molecule has 134 valence electrons. The van der Waals surface area contributed by atoms with E-state index in [-0.39, 0.29) is 12.0 Å². The van der Waals surface area contributed by atoms with Crippen LogP contribution in [0.5, 0.6) is 0 Å². The Balaban J connectivity index is 3.09. The molecule has 1 fully saturated rings. The zero-order valence-electron chi connectivity index (χ0n) is 15.8. The average Bonchev–Trinajstić information content (AvgIpc) is 2.34. The zero-order valence-corrected chi connectivity index (χ0v) is 15.8. The molecule has 0 aromatic rings. The minimum absolute atomic E-state index is 0.0405. The molecule has 0 aromatic carbocycles. The molecule has 0 radical (unpaired) electrons. The largest absolute Gasteiger partial charge is 0.392 e. The SMILES string of the molecule is C\C(C=C=C1C(C)(C)C[C@@](C)(O)C[C@]1(C)O)=C/C=C/C(C)=C/CO. The number of aliphatic hydroxyl groups is 3. The smallest absolute Gasteiger partial charge is 0.0934 e. The predicted molar refractivity (Wildman–Crippen MR) is 99.6 cm³/mol. The van der Waals surface area contributed by atoms with E-state index in [1.165, 1.54) is 0 Å². The van der Waals surface area contributed by atoms with Crippen LogP contribution in [0.3, 0.4) is 0 Å². The average molecular weight is 332 g/mol. The summed E-state index contributed by atoms with van der Waals surface area (Å²) >= 11 is 0. The van der Waals surface area contributed by atoms with E-state index >= 15 is 0 Å². The van der Waals surface area contributed by atoms with E-state index in [2.05, 4.69) is 5.73 Å². The number of hydrogen-bond donors (Lipinski definition) is 3. The molecule has 0 saturated heterocycles. The molecule has 2 atom stereocenters. The van der Waals surface area contributed by atoms with Crippen molar-refractivity contribution in [2.45, 2.75) is 65.6 Å². The molecule has 1 aliphatic rings. The van der Waals surface area contributed by atoms with Crippen molar-refractivity contribution < 1.29 is 15.3 Å². The van der Waals surface area contributed by atoms with Gasteiger partial charge < -0.3 is 15.3 Å². The first-order valence-corrected chi connectivity index (χ1v) is 8.45. The summed E-state index contributed by atoms with van der Waals surface area (Å²) in [5, 5.41) is 30.0. The lowest BCUT2D eigenvalue weighted by Gasteiger charge is -2.48. The van der Waals surface area contributed by atoms with Crippen molar-refractivity contribution in [1.82, 2.24) is 0 Å². The van der Waals surface area contributed by atoms with Crippen LogP contribution >= 0.6 is 0 Å². The van der Waals surface area contributed by atoms with Crippen LogP contribution in [0.4, 0.5) is 0 Å². The molecule has 0 amide bonds. The van der Waals surface area contributed by atoms with Crippen molar-refractivity contribution >= 4 is 0 Å². The molecule has 3 N–H and O–H groups in total. The third-order valence-electron chi connectivity index (χ3n) is 4.34. The highest BCUT2D eigenvalue weighted by Gasteiger charge is 2.49. The quantitative estimate of drug-likeness (QED) is 0.541. The van der Waals surface area contributed by atoms with Crippen molar-refractivity contribution in [2.24, 2.45) is 5.41 Å². The van der Waals surface area contributed by atoms with Gasteiger partial charge in [-0.15, -0.1) is 5.73 Å². The second-order valence-electron chi connectivity index (χ2n) is 8.07. The highest BCUT2D eigenvalue weighted by atomic mass is 16.3. The molecule has 1 aliphatic carbocycles. The molecule has 1 saturated carbocycles. The molecule has 3 nitrogen and oxygen atoms in total. The lowest BCUT2D eigenvalue weighted by atomic mass is 9.61. The van der Waals surface area contributed by atoms with E-state index in [1.54, 1.807) is 19.9 Å². The summed E-state index contributed by atoms with van der Waals surface area (Å²) in [5.41, 5.74) is 3.86. The standard InChI is InChI=1S/C21H32O3/c1-16(8-7-9-17(2)12-13-22)10-11-18-19(3,4)14-20(5,23)15-21(18,6)24/h7-10,12,22-24H,13-15H2,1-6H3/b9-7+,16-8+,17-12+/t11?,20-,21+/m1/s1. The predicted octanol–water partition coefficient (Wildman–Crippen LogP) is 3.83. The lowest BCUT2D eigenvalue weighted by Crippen LogP contribution is -2.50. The van der Waals surface area contributed by atoms with E-state index in [9.17, 15) is 10.2 Å². The maximum absolute atomic E-state index is 10.8. The fraction of sp³-hybridized carbons (Fsp3) is 0.571. The van der Waals surface area contributed by atoms with Crippen LogP contribution in [-0.4, -0.2) is 33.1 Å². The van der Waals surface area contributed by atoms with Crippen molar-refractivity contribution in [1.29, 1.82) is 0 Å². The molecule has 0 bridgehead atoms. The first-order chi connectivity index (χ1) is 10.9. The van der Waals surface area contributed by atoms with Crippen LogP contribution in [-0.2, 0) is 0 Å². The van der Waals surface area contributed by atoms with Crippen LogP contribution in [0.25, 0.3) is 0 Å². The second-order valence-corrected chi connectivity index (χ2v) is 8.07. The third kappa shape index (κ3) is 5.92. The molecule has 0 unspecified atom stereocenters. The first kappa shape index (κ1) is 20.7. The van der Waals surface area contributed by atoms with Crippen LogP contribution in [0.15, 0.2) is 52.8 Å². The maximum Gasteiger partial charge on any atom is 0.0934 e. The Morgan fingerprint density at radius 1 is 1.08 bits per heavy atom. The number of hydrogen-bond acceptors (Lipinski definition) is 3. The second kappa shape index (κ2) is 7.67. The Hall–Kier alpha value is -1.38. The molecule has 3 heteroatoms. The normalized spacial score (nSPS) is 31.3. The van der Waals surface area contributed by atoms with Gasteiger partial charge in [-0.3, -0.25) is 0 Å². The van der Waals surface area contributed by atoms with Crippen molar-refractivity contribution in [2.75, 3.05) is 6.61 Å². The van der Waals surface area contributed by atoms with Gasteiger partial charge in [0.15, 0.2) is 0 Å². The Kier molecular flexibility index (Phi) is 6.60. The zero-order chi connectivity index (χ0) is 18.6. The Labute approximate surface area is 146 Å². The van der Waals surface area contributed by atoms with E-state index in [4.69, 9.17) is 5.11 Å². The minimum Gasteiger partial charge on any atom is -0.392 e. The summed E-state index contributed by atoms with van der Waals surface area (Å²) in [5.74, 6) is 0.